The third kappa shape index (κ3) is 2.78. The Hall–Kier alpha value is -1.03. The van der Waals surface area contributed by atoms with E-state index >= 15 is 0 Å². The van der Waals surface area contributed by atoms with Crippen LogP contribution in [0.2, 0.25) is 0 Å². The first kappa shape index (κ1) is 13.0. The first-order valence-corrected chi connectivity index (χ1v) is 7.47. The summed E-state index contributed by atoms with van der Waals surface area (Å²) in [6.45, 7) is 8.73. The molecule has 19 heavy (non-hydrogen) atoms. The van der Waals surface area contributed by atoms with Crippen LogP contribution in [0.1, 0.15) is 51.8 Å². The van der Waals surface area contributed by atoms with Crippen LogP contribution in [0.5, 0.6) is 0 Å². The van der Waals surface area contributed by atoms with Gasteiger partial charge in [-0.3, -0.25) is 0 Å². The third-order valence-corrected chi connectivity index (χ3v) is 3.95. The van der Waals surface area contributed by atoms with Crippen molar-refractivity contribution in [2.24, 2.45) is 5.41 Å². The number of hydrogen-bond acceptors (Lipinski definition) is 3. The summed E-state index contributed by atoms with van der Waals surface area (Å²) in [5.74, 6) is 1.17. The molecule has 2 aliphatic rings. The molecule has 4 heteroatoms. The Labute approximate surface area is 115 Å². The second kappa shape index (κ2) is 4.82. The molecule has 0 radical (unpaired) electrons. The molecule has 2 atom stereocenters. The van der Waals surface area contributed by atoms with Crippen LogP contribution in [0.4, 0.5) is 5.82 Å². The normalized spacial score (nSPS) is 27.1. The first-order valence-electron chi connectivity index (χ1n) is 7.47. The number of hydrogen-bond donors (Lipinski definition) is 1. The number of fused-ring (bicyclic) bond motifs is 1. The smallest absolute Gasteiger partial charge is 0.124 e. The van der Waals surface area contributed by atoms with Crippen LogP contribution < -0.4 is 5.32 Å². The quantitative estimate of drug-likeness (QED) is 0.891. The maximum atomic E-state index is 5.87. The fraction of sp³-hybridized carbons (Fsp3) is 0.800. The lowest BCUT2D eigenvalue weighted by Gasteiger charge is -2.29. The van der Waals surface area contributed by atoms with Crippen molar-refractivity contribution in [2.75, 3.05) is 18.5 Å². The van der Waals surface area contributed by atoms with Crippen molar-refractivity contribution >= 4 is 5.82 Å². The van der Waals surface area contributed by atoms with E-state index in [1.54, 1.807) is 0 Å². The summed E-state index contributed by atoms with van der Waals surface area (Å²) >= 11 is 0. The Bertz CT molecular complexity index is 441. The van der Waals surface area contributed by atoms with Gasteiger partial charge in [-0.2, -0.15) is 5.10 Å². The van der Waals surface area contributed by atoms with Gasteiger partial charge in [0.2, 0.25) is 0 Å². The van der Waals surface area contributed by atoms with Gasteiger partial charge in [0.15, 0.2) is 0 Å². The van der Waals surface area contributed by atoms with Gasteiger partial charge in [0.05, 0.1) is 17.8 Å². The van der Waals surface area contributed by atoms with Gasteiger partial charge >= 0.3 is 0 Å². The average Bonchev–Trinajstić information content (AvgIpc) is 2.93. The molecule has 0 aliphatic carbocycles. The van der Waals surface area contributed by atoms with Crippen molar-refractivity contribution in [1.82, 2.24) is 9.78 Å². The fourth-order valence-corrected chi connectivity index (χ4v) is 3.18. The largest absolute Gasteiger partial charge is 0.376 e. The molecule has 3 heterocycles. The summed E-state index contributed by atoms with van der Waals surface area (Å²) in [5, 5.41) is 8.30. The van der Waals surface area contributed by atoms with Crippen molar-refractivity contribution in [3.63, 3.8) is 0 Å². The zero-order valence-electron chi connectivity index (χ0n) is 12.3. The molecule has 0 bridgehead atoms. The minimum absolute atomic E-state index is 0.282. The molecule has 1 aromatic heterocycles. The monoisotopic (exact) mass is 263 g/mol. The second-order valence-corrected chi connectivity index (χ2v) is 7.04. The number of ether oxygens (including phenoxy) is 1. The Morgan fingerprint density at radius 2 is 2.26 bits per heavy atom. The van der Waals surface area contributed by atoms with E-state index in [1.165, 1.54) is 24.4 Å². The summed E-state index contributed by atoms with van der Waals surface area (Å²) in [4.78, 5) is 0. The highest BCUT2D eigenvalue weighted by Crippen LogP contribution is 2.33. The first-order chi connectivity index (χ1) is 9.03. The highest BCUT2D eigenvalue weighted by Gasteiger charge is 2.32. The summed E-state index contributed by atoms with van der Waals surface area (Å²) in [6, 6.07) is 2.64. The number of nitrogens with zero attached hydrogens (tertiary/aromatic N) is 2. The van der Waals surface area contributed by atoms with Crippen molar-refractivity contribution in [3.05, 3.63) is 11.8 Å². The van der Waals surface area contributed by atoms with Gasteiger partial charge in [-0.15, -0.1) is 0 Å². The molecular weight excluding hydrogens is 238 g/mol. The molecule has 106 valence electrons. The highest BCUT2D eigenvalue weighted by molar-refractivity contribution is 5.39. The van der Waals surface area contributed by atoms with Crippen molar-refractivity contribution in [3.8, 4) is 0 Å². The fourth-order valence-electron chi connectivity index (χ4n) is 3.18. The van der Waals surface area contributed by atoms with E-state index in [1.807, 2.05) is 0 Å². The van der Waals surface area contributed by atoms with Crippen LogP contribution in [-0.2, 0) is 11.2 Å². The van der Waals surface area contributed by atoms with Crippen molar-refractivity contribution in [1.29, 1.82) is 0 Å². The molecule has 3 rings (SSSR count). The van der Waals surface area contributed by atoms with Gasteiger partial charge in [0.25, 0.3) is 0 Å². The zero-order chi connectivity index (χ0) is 13.5. The van der Waals surface area contributed by atoms with Crippen molar-refractivity contribution < 1.29 is 4.74 Å². The van der Waals surface area contributed by atoms with Gasteiger partial charge in [0.1, 0.15) is 5.82 Å². The molecule has 2 aliphatic heterocycles. The Kier molecular flexibility index (Phi) is 3.29. The SMILES string of the molecule is CC(C)(C)Cc1cc2n(n1)C(C1CCCO1)CCN2. The van der Waals surface area contributed by atoms with Crippen LogP contribution in [-0.4, -0.2) is 29.0 Å². The zero-order valence-corrected chi connectivity index (χ0v) is 12.3. The van der Waals surface area contributed by atoms with Crippen LogP contribution >= 0.6 is 0 Å². The maximum Gasteiger partial charge on any atom is 0.124 e. The van der Waals surface area contributed by atoms with Gasteiger partial charge in [-0.05, 0) is 31.1 Å². The lowest BCUT2D eigenvalue weighted by molar-refractivity contribution is 0.0590. The van der Waals surface area contributed by atoms with Gasteiger partial charge in [-0.1, -0.05) is 20.8 Å². The lowest BCUT2D eigenvalue weighted by Crippen LogP contribution is -2.31. The molecule has 1 aromatic rings. The minimum Gasteiger partial charge on any atom is -0.376 e. The van der Waals surface area contributed by atoms with E-state index in [0.717, 1.165) is 26.0 Å². The number of aromatic nitrogens is 2. The van der Waals surface area contributed by atoms with Crippen LogP contribution in [0.15, 0.2) is 6.07 Å². The summed E-state index contributed by atoms with van der Waals surface area (Å²) in [6.07, 6.45) is 4.88. The molecule has 1 fully saturated rings. The molecular formula is C15H25N3O. The summed E-state index contributed by atoms with van der Waals surface area (Å²) in [5.41, 5.74) is 1.48. The number of anilines is 1. The lowest BCUT2D eigenvalue weighted by atomic mass is 9.91. The average molecular weight is 263 g/mol. The van der Waals surface area contributed by atoms with Crippen LogP contribution in [0, 0.1) is 5.41 Å². The second-order valence-electron chi connectivity index (χ2n) is 7.04. The molecule has 0 spiro atoms. The van der Waals surface area contributed by atoms with Crippen LogP contribution in [0.25, 0.3) is 0 Å². The van der Waals surface area contributed by atoms with Gasteiger partial charge in [0, 0.05) is 19.2 Å². The minimum atomic E-state index is 0.282. The molecule has 0 saturated carbocycles. The van der Waals surface area contributed by atoms with E-state index < -0.39 is 0 Å². The van der Waals surface area contributed by atoms with E-state index in [2.05, 4.69) is 36.8 Å². The maximum absolute atomic E-state index is 5.87. The molecule has 2 unspecified atom stereocenters. The standard InChI is InChI=1S/C15H25N3O/c1-15(2,3)10-11-9-14-16-7-6-12(18(14)17-11)13-5-4-8-19-13/h9,12-13,16H,4-8,10H2,1-3H3. The van der Waals surface area contributed by atoms with E-state index in [0.29, 0.717) is 12.1 Å². The molecule has 1 saturated heterocycles. The number of nitrogens with one attached hydrogen (secondary N) is 1. The molecule has 0 aromatic carbocycles. The van der Waals surface area contributed by atoms with E-state index in [-0.39, 0.29) is 5.41 Å². The van der Waals surface area contributed by atoms with Crippen LogP contribution in [0.3, 0.4) is 0 Å². The highest BCUT2D eigenvalue weighted by atomic mass is 16.5. The van der Waals surface area contributed by atoms with Gasteiger partial charge < -0.3 is 10.1 Å². The third-order valence-electron chi connectivity index (χ3n) is 3.95. The predicted molar refractivity (Wildman–Crippen MR) is 76.5 cm³/mol. The number of rotatable bonds is 2. The van der Waals surface area contributed by atoms with Crippen molar-refractivity contribution in [2.45, 2.75) is 58.6 Å². The Morgan fingerprint density at radius 3 is 2.95 bits per heavy atom. The summed E-state index contributed by atoms with van der Waals surface area (Å²) < 4.78 is 8.05. The Morgan fingerprint density at radius 1 is 1.42 bits per heavy atom. The Balaban J connectivity index is 1.83. The summed E-state index contributed by atoms with van der Waals surface area (Å²) in [7, 11) is 0. The predicted octanol–water partition coefficient (Wildman–Crippen LogP) is 3.01. The topological polar surface area (TPSA) is 39.1 Å². The van der Waals surface area contributed by atoms with E-state index in [9.17, 15) is 0 Å². The molecule has 1 N–H and O–H groups in total. The molecule has 4 nitrogen and oxygen atoms in total. The van der Waals surface area contributed by atoms with E-state index in [4.69, 9.17) is 9.84 Å². The van der Waals surface area contributed by atoms with Gasteiger partial charge in [-0.25, -0.2) is 4.68 Å². The molecule has 0 amide bonds.